The molecule has 25 heavy (non-hydrogen) atoms. The van der Waals surface area contributed by atoms with Gasteiger partial charge in [0.05, 0.1) is 4.75 Å². The number of thioether (sulfide) groups is 1. The van der Waals surface area contributed by atoms with Crippen molar-refractivity contribution in [2.75, 3.05) is 20.1 Å². The minimum absolute atomic E-state index is 0.0374. The number of likely N-dealkylation sites (tertiary alicyclic amines) is 1. The Balaban J connectivity index is 1.95. The summed E-state index contributed by atoms with van der Waals surface area (Å²) in [7, 11) is 2.22. The number of fused-ring (bicyclic) bond motifs is 1. The van der Waals surface area contributed by atoms with Crippen LogP contribution in [0, 0.1) is 6.92 Å². The third kappa shape index (κ3) is 2.85. The summed E-state index contributed by atoms with van der Waals surface area (Å²) < 4.78 is -0.0374. The molecule has 130 valence electrons. The smallest absolute Gasteiger partial charge is 0.0682 e. The van der Waals surface area contributed by atoms with E-state index in [4.69, 9.17) is 11.6 Å². The van der Waals surface area contributed by atoms with Crippen LogP contribution in [0.1, 0.15) is 36.5 Å². The third-order valence-corrected chi connectivity index (χ3v) is 7.49. The maximum absolute atomic E-state index is 6.52. The lowest BCUT2D eigenvalue weighted by atomic mass is 9.80. The Morgan fingerprint density at radius 3 is 2.40 bits per heavy atom. The van der Waals surface area contributed by atoms with E-state index in [2.05, 4.69) is 68.3 Å². The Hall–Kier alpha value is -1.22. The standard InChI is InChI=1S/C22H24ClNS/c1-15-18(23)9-10-19-20(15)21(16-11-13-24(3)14-12-16)22(2,25-19)17-7-5-4-6-8-17/h4-10H,11-14H2,1-3H3. The van der Waals surface area contributed by atoms with Gasteiger partial charge < -0.3 is 4.90 Å². The van der Waals surface area contributed by atoms with Gasteiger partial charge in [0, 0.05) is 23.0 Å². The van der Waals surface area contributed by atoms with Gasteiger partial charge >= 0.3 is 0 Å². The summed E-state index contributed by atoms with van der Waals surface area (Å²) in [6.07, 6.45) is 2.31. The zero-order chi connectivity index (χ0) is 17.6. The molecule has 2 aromatic carbocycles. The summed E-state index contributed by atoms with van der Waals surface area (Å²) in [5.74, 6) is 0. The monoisotopic (exact) mass is 369 g/mol. The molecule has 2 aromatic rings. The molecule has 0 radical (unpaired) electrons. The Morgan fingerprint density at radius 2 is 1.72 bits per heavy atom. The highest BCUT2D eigenvalue weighted by Crippen LogP contribution is 2.61. The zero-order valence-electron chi connectivity index (χ0n) is 15.1. The largest absolute Gasteiger partial charge is 0.306 e. The van der Waals surface area contributed by atoms with Crippen LogP contribution in [0.25, 0.3) is 5.57 Å². The first-order valence-corrected chi connectivity index (χ1v) is 10.1. The minimum Gasteiger partial charge on any atom is -0.306 e. The number of hydrogen-bond acceptors (Lipinski definition) is 2. The van der Waals surface area contributed by atoms with E-state index in [1.54, 1.807) is 5.57 Å². The van der Waals surface area contributed by atoms with Gasteiger partial charge in [-0.25, -0.2) is 0 Å². The van der Waals surface area contributed by atoms with E-state index < -0.39 is 0 Å². The van der Waals surface area contributed by atoms with Gasteiger partial charge in [0.25, 0.3) is 0 Å². The number of halogens is 1. The first-order chi connectivity index (χ1) is 12.0. The highest BCUT2D eigenvalue weighted by atomic mass is 35.5. The summed E-state index contributed by atoms with van der Waals surface area (Å²) in [6.45, 7) is 6.85. The van der Waals surface area contributed by atoms with Crippen LogP contribution in [0.15, 0.2) is 52.9 Å². The van der Waals surface area contributed by atoms with Crippen LogP contribution < -0.4 is 0 Å². The fraction of sp³-hybridized carbons (Fsp3) is 0.364. The van der Waals surface area contributed by atoms with E-state index in [0.717, 1.165) is 31.0 Å². The SMILES string of the molecule is Cc1c(Cl)ccc2c1C(=C1CCN(C)CC1)C(C)(c1ccccc1)S2. The fourth-order valence-corrected chi connectivity index (χ4v) is 5.87. The van der Waals surface area contributed by atoms with Crippen molar-refractivity contribution in [2.24, 2.45) is 0 Å². The van der Waals surface area contributed by atoms with Crippen LogP contribution >= 0.6 is 23.4 Å². The number of hydrogen-bond donors (Lipinski definition) is 0. The molecule has 1 unspecified atom stereocenters. The molecule has 1 saturated heterocycles. The fourth-order valence-electron chi connectivity index (χ4n) is 4.18. The Labute approximate surface area is 160 Å². The van der Waals surface area contributed by atoms with E-state index in [-0.39, 0.29) is 4.75 Å². The van der Waals surface area contributed by atoms with E-state index >= 15 is 0 Å². The molecule has 1 nitrogen and oxygen atoms in total. The number of benzene rings is 2. The van der Waals surface area contributed by atoms with Gasteiger partial charge in [-0.2, -0.15) is 0 Å². The Kier molecular flexibility index (Phi) is 4.47. The maximum atomic E-state index is 6.52. The summed E-state index contributed by atoms with van der Waals surface area (Å²) in [5.41, 5.74) is 7.14. The van der Waals surface area contributed by atoms with Gasteiger partial charge in [-0.1, -0.05) is 47.5 Å². The van der Waals surface area contributed by atoms with Crippen molar-refractivity contribution in [2.45, 2.75) is 36.3 Å². The first-order valence-electron chi connectivity index (χ1n) is 8.96. The highest BCUT2D eigenvalue weighted by molar-refractivity contribution is 8.01. The molecule has 0 amide bonds. The quantitative estimate of drug-likeness (QED) is 0.593. The third-order valence-electron chi connectivity index (χ3n) is 5.67. The maximum Gasteiger partial charge on any atom is 0.0682 e. The lowest BCUT2D eigenvalue weighted by Crippen LogP contribution is -2.28. The molecule has 1 fully saturated rings. The van der Waals surface area contributed by atoms with Crippen LogP contribution in [0.3, 0.4) is 0 Å². The second kappa shape index (κ2) is 6.50. The molecule has 2 heterocycles. The second-order valence-corrected chi connectivity index (χ2v) is 9.20. The first kappa shape index (κ1) is 17.2. The van der Waals surface area contributed by atoms with Crippen molar-refractivity contribution in [3.05, 3.63) is 69.8 Å². The van der Waals surface area contributed by atoms with Crippen LogP contribution in [-0.4, -0.2) is 25.0 Å². The Morgan fingerprint density at radius 1 is 1.04 bits per heavy atom. The van der Waals surface area contributed by atoms with Crippen LogP contribution in [0.5, 0.6) is 0 Å². The number of piperidine rings is 1. The van der Waals surface area contributed by atoms with Crippen LogP contribution in [-0.2, 0) is 4.75 Å². The van der Waals surface area contributed by atoms with Crippen molar-refractivity contribution in [1.82, 2.24) is 4.90 Å². The summed E-state index contributed by atoms with van der Waals surface area (Å²) in [6, 6.07) is 15.2. The van der Waals surface area contributed by atoms with E-state index in [1.807, 2.05) is 11.8 Å². The second-order valence-electron chi connectivity index (χ2n) is 7.33. The van der Waals surface area contributed by atoms with Gasteiger partial charge in [-0.05, 0) is 68.1 Å². The van der Waals surface area contributed by atoms with Crippen molar-refractivity contribution in [3.8, 4) is 0 Å². The molecule has 1 atom stereocenters. The molecule has 4 rings (SSSR count). The topological polar surface area (TPSA) is 3.24 Å². The highest BCUT2D eigenvalue weighted by Gasteiger charge is 2.43. The van der Waals surface area contributed by atoms with Crippen molar-refractivity contribution >= 4 is 28.9 Å². The van der Waals surface area contributed by atoms with Crippen molar-refractivity contribution in [1.29, 1.82) is 0 Å². The van der Waals surface area contributed by atoms with E-state index in [9.17, 15) is 0 Å². The van der Waals surface area contributed by atoms with Crippen LogP contribution in [0.2, 0.25) is 5.02 Å². The molecule has 0 N–H and O–H groups in total. The molecule has 0 saturated carbocycles. The molecule has 3 heteroatoms. The predicted octanol–water partition coefficient (Wildman–Crippen LogP) is 6.15. The number of rotatable bonds is 1. The summed E-state index contributed by atoms with van der Waals surface area (Å²) >= 11 is 8.51. The Bertz CT molecular complexity index is 833. The lowest BCUT2D eigenvalue weighted by Gasteiger charge is -2.32. The average Bonchev–Trinajstić information content (AvgIpc) is 2.94. The van der Waals surface area contributed by atoms with Crippen molar-refractivity contribution < 1.29 is 0 Å². The molecule has 0 bridgehead atoms. The molecule has 0 spiro atoms. The van der Waals surface area contributed by atoms with Gasteiger partial charge in [0.2, 0.25) is 0 Å². The average molecular weight is 370 g/mol. The molecule has 2 aliphatic heterocycles. The summed E-state index contributed by atoms with van der Waals surface area (Å²) in [4.78, 5) is 3.80. The van der Waals surface area contributed by atoms with Gasteiger partial charge in [0.1, 0.15) is 0 Å². The van der Waals surface area contributed by atoms with Crippen LogP contribution in [0.4, 0.5) is 0 Å². The number of nitrogens with zero attached hydrogens (tertiary/aromatic N) is 1. The molecule has 2 aliphatic rings. The van der Waals surface area contributed by atoms with E-state index in [0.29, 0.717) is 0 Å². The molecule has 0 aliphatic carbocycles. The minimum atomic E-state index is -0.0374. The van der Waals surface area contributed by atoms with Crippen molar-refractivity contribution in [3.63, 3.8) is 0 Å². The van der Waals surface area contributed by atoms with E-state index in [1.165, 1.54) is 27.2 Å². The zero-order valence-corrected chi connectivity index (χ0v) is 16.7. The molecular formula is C22H24ClNS. The van der Waals surface area contributed by atoms with Gasteiger partial charge in [0.15, 0.2) is 0 Å². The summed E-state index contributed by atoms with van der Waals surface area (Å²) in [5, 5.41) is 0.877. The lowest BCUT2D eigenvalue weighted by molar-refractivity contribution is 0.312. The predicted molar refractivity (Wildman–Crippen MR) is 109 cm³/mol. The molecular weight excluding hydrogens is 346 g/mol. The molecule has 0 aromatic heterocycles. The van der Waals surface area contributed by atoms with Gasteiger partial charge in [-0.15, -0.1) is 11.8 Å². The van der Waals surface area contributed by atoms with Gasteiger partial charge in [-0.3, -0.25) is 0 Å². The normalized spacial score (nSPS) is 23.8.